The van der Waals surface area contributed by atoms with Gasteiger partial charge >= 0.3 is 5.97 Å². The molecular formula is C28H22BrClN2O5S. The summed E-state index contributed by atoms with van der Waals surface area (Å²) in [6.07, 6.45) is 1.69. The molecule has 1 atom stereocenters. The van der Waals surface area contributed by atoms with Crippen molar-refractivity contribution in [3.8, 4) is 17.1 Å². The van der Waals surface area contributed by atoms with Gasteiger partial charge in [-0.2, -0.15) is 0 Å². The molecular weight excluding hydrogens is 592 g/mol. The van der Waals surface area contributed by atoms with Crippen LogP contribution >= 0.6 is 38.9 Å². The van der Waals surface area contributed by atoms with Crippen molar-refractivity contribution in [3.63, 3.8) is 0 Å². The second kappa shape index (κ2) is 10.8. The lowest BCUT2D eigenvalue weighted by atomic mass is 9.96. The van der Waals surface area contributed by atoms with Gasteiger partial charge in [-0.05, 0) is 83.9 Å². The van der Waals surface area contributed by atoms with Gasteiger partial charge in [0.2, 0.25) is 0 Å². The maximum Gasteiger partial charge on any atom is 0.338 e. The molecule has 194 valence electrons. The van der Waals surface area contributed by atoms with E-state index in [1.807, 2.05) is 30.3 Å². The first-order chi connectivity index (χ1) is 18.3. The summed E-state index contributed by atoms with van der Waals surface area (Å²) in [5.41, 5.74) is 2.10. The first-order valence-electron chi connectivity index (χ1n) is 11.7. The average molecular weight is 614 g/mol. The molecule has 0 spiro atoms. The van der Waals surface area contributed by atoms with Crippen LogP contribution in [-0.2, 0) is 9.53 Å². The molecule has 2 aromatic heterocycles. The third-order valence-corrected chi connectivity index (χ3v) is 7.89. The van der Waals surface area contributed by atoms with Crippen molar-refractivity contribution in [2.75, 3.05) is 13.7 Å². The van der Waals surface area contributed by atoms with Crippen molar-refractivity contribution >= 4 is 50.9 Å². The summed E-state index contributed by atoms with van der Waals surface area (Å²) < 4.78 is 19.4. The van der Waals surface area contributed by atoms with Crippen molar-refractivity contribution in [1.29, 1.82) is 0 Å². The summed E-state index contributed by atoms with van der Waals surface area (Å²) >= 11 is 10.7. The van der Waals surface area contributed by atoms with Crippen LogP contribution in [0.3, 0.4) is 0 Å². The molecule has 10 heteroatoms. The van der Waals surface area contributed by atoms with Crippen molar-refractivity contribution in [2.45, 2.75) is 19.9 Å². The number of aromatic nitrogens is 1. The van der Waals surface area contributed by atoms with Gasteiger partial charge in [-0.25, -0.2) is 9.79 Å². The Labute approximate surface area is 235 Å². The van der Waals surface area contributed by atoms with Gasteiger partial charge in [0, 0.05) is 16.7 Å². The van der Waals surface area contributed by atoms with E-state index >= 15 is 0 Å². The lowest BCUT2D eigenvalue weighted by Gasteiger charge is -2.25. The largest absolute Gasteiger partial charge is 0.496 e. The minimum Gasteiger partial charge on any atom is -0.496 e. The van der Waals surface area contributed by atoms with Gasteiger partial charge in [0.15, 0.2) is 4.80 Å². The van der Waals surface area contributed by atoms with Crippen LogP contribution in [-0.4, -0.2) is 24.3 Å². The summed E-state index contributed by atoms with van der Waals surface area (Å²) in [5, 5.41) is 0.637. The Morgan fingerprint density at radius 3 is 2.66 bits per heavy atom. The van der Waals surface area contributed by atoms with Gasteiger partial charge < -0.3 is 13.9 Å². The highest BCUT2D eigenvalue weighted by Crippen LogP contribution is 2.35. The van der Waals surface area contributed by atoms with Gasteiger partial charge in [0.05, 0.1) is 40.0 Å². The number of benzene rings is 2. The number of methoxy groups -OCH3 is 1. The number of halogens is 2. The molecule has 0 radical (unpaired) electrons. The number of hydrogen-bond acceptors (Lipinski definition) is 7. The van der Waals surface area contributed by atoms with Crippen molar-refractivity contribution < 1.29 is 18.7 Å². The number of fused-ring (bicyclic) bond motifs is 1. The zero-order chi connectivity index (χ0) is 27.0. The van der Waals surface area contributed by atoms with E-state index in [9.17, 15) is 9.59 Å². The maximum atomic E-state index is 13.8. The number of esters is 1. The molecule has 0 N–H and O–H groups in total. The molecule has 0 unspecified atom stereocenters. The number of carbonyl (C=O) groups is 1. The van der Waals surface area contributed by atoms with E-state index in [2.05, 4.69) is 20.9 Å². The van der Waals surface area contributed by atoms with E-state index in [-0.39, 0.29) is 12.2 Å². The number of carbonyl (C=O) groups excluding carboxylic acids is 1. The molecule has 7 nitrogen and oxygen atoms in total. The number of allylic oxidation sites excluding steroid dienone is 1. The Hall–Kier alpha value is -3.40. The minimum atomic E-state index is -0.726. The first-order valence-corrected chi connectivity index (χ1v) is 13.7. The van der Waals surface area contributed by atoms with Crippen molar-refractivity contribution in [3.05, 3.63) is 106 Å². The van der Waals surface area contributed by atoms with Crippen LogP contribution in [0, 0.1) is 0 Å². The van der Waals surface area contributed by atoms with Gasteiger partial charge in [0.1, 0.15) is 17.3 Å². The predicted octanol–water partition coefficient (Wildman–Crippen LogP) is 5.48. The third-order valence-electron chi connectivity index (χ3n) is 6.04. The molecule has 0 amide bonds. The molecule has 2 aromatic carbocycles. The summed E-state index contributed by atoms with van der Waals surface area (Å²) in [6, 6.07) is 15.7. The topological polar surface area (TPSA) is 83.0 Å². The van der Waals surface area contributed by atoms with Gasteiger partial charge in [-0.3, -0.25) is 9.36 Å². The second-order valence-electron chi connectivity index (χ2n) is 8.41. The molecule has 0 bridgehead atoms. The lowest BCUT2D eigenvalue weighted by molar-refractivity contribution is -0.139. The van der Waals surface area contributed by atoms with E-state index in [0.29, 0.717) is 52.9 Å². The van der Waals surface area contributed by atoms with Crippen molar-refractivity contribution in [1.82, 2.24) is 4.57 Å². The molecule has 0 saturated heterocycles. The number of rotatable bonds is 6. The maximum absolute atomic E-state index is 13.8. The molecule has 1 aliphatic rings. The Balaban J connectivity index is 1.64. The van der Waals surface area contributed by atoms with E-state index < -0.39 is 12.0 Å². The number of thiazole rings is 1. The summed E-state index contributed by atoms with van der Waals surface area (Å²) in [5.74, 6) is 1.29. The highest BCUT2D eigenvalue weighted by molar-refractivity contribution is 9.10. The molecule has 0 fully saturated rings. The number of ether oxygens (including phenoxy) is 2. The Kier molecular flexibility index (Phi) is 7.43. The quantitative estimate of drug-likeness (QED) is 0.269. The zero-order valence-corrected chi connectivity index (χ0v) is 23.8. The minimum absolute atomic E-state index is 0.202. The van der Waals surface area contributed by atoms with Gasteiger partial charge in [0.25, 0.3) is 5.56 Å². The van der Waals surface area contributed by atoms with E-state index in [4.69, 9.17) is 25.5 Å². The van der Waals surface area contributed by atoms with E-state index in [0.717, 1.165) is 5.56 Å². The standard InChI is InChI=1S/C28H22BrClN2O5S/c1-4-36-27(34)24-15(2)31-28-32(25(24)17-7-11-22(35-3)20(29)13-17)26(33)23(38-28)14-19-10-12-21(37-19)16-5-8-18(30)9-6-16/h5-14,25H,4H2,1-3H3/b23-14+/t25-/m1/s1. The fourth-order valence-electron chi connectivity index (χ4n) is 4.29. The fourth-order valence-corrected chi connectivity index (χ4v) is 6.00. The van der Waals surface area contributed by atoms with Crippen LogP contribution in [0.1, 0.15) is 31.2 Å². The molecule has 0 saturated carbocycles. The molecule has 0 aliphatic carbocycles. The van der Waals surface area contributed by atoms with Crippen LogP contribution in [0.2, 0.25) is 5.02 Å². The van der Waals surface area contributed by atoms with Crippen molar-refractivity contribution in [2.24, 2.45) is 4.99 Å². The fraction of sp³-hybridized carbons (Fsp3) is 0.179. The molecule has 38 heavy (non-hydrogen) atoms. The Morgan fingerprint density at radius 2 is 1.97 bits per heavy atom. The smallest absolute Gasteiger partial charge is 0.338 e. The van der Waals surface area contributed by atoms with Crippen LogP contribution in [0.4, 0.5) is 0 Å². The van der Waals surface area contributed by atoms with Gasteiger partial charge in [-0.1, -0.05) is 29.0 Å². The molecule has 4 aromatic rings. The normalized spacial score (nSPS) is 15.3. The first kappa shape index (κ1) is 26.2. The average Bonchev–Trinajstić information content (AvgIpc) is 3.48. The zero-order valence-electron chi connectivity index (χ0n) is 20.7. The van der Waals surface area contributed by atoms with Gasteiger partial charge in [-0.15, -0.1) is 0 Å². The van der Waals surface area contributed by atoms with Crippen LogP contribution < -0.4 is 19.6 Å². The number of furan rings is 1. The van der Waals surface area contributed by atoms with Crippen LogP contribution in [0.5, 0.6) is 5.75 Å². The highest BCUT2D eigenvalue weighted by atomic mass is 79.9. The predicted molar refractivity (Wildman–Crippen MR) is 150 cm³/mol. The summed E-state index contributed by atoms with van der Waals surface area (Å²) in [4.78, 5) is 31.9. The Bertz CT molecular complexity index is 1750. The Morgan fingerprint density at radius 1 is 1.21 bits per heavy atom. The highest BCUT2D eigenvalue weighted by Gasteiger charge is 2.33. The lowest BCUT2D eigenvalue weighted by Crippen LogP contribution is -2.39. The van der Waals surface area contributed by atoms with E-state index in [1.165, 1.54) is 15.9 Å². The SMILES string of the molecule is CCOC(=O)C1=C(C)N=c2s/c(=C/c3ccc(-c4ccc(Cl)cc4)o3)c(=O)n2[C@@H]1c1ccc(OC)c(Br)c1. The molecule has 3 heterocycles. The second-order valence-corrected chi connectivity index (χ2v) is 10.7. The van der Waals surface area contributed by atoms with Crippen LogP contribution in [0.25, 0.3) is 17.4 Å². The third kappa shape index (κ3) is 4.89. The number of nitrogens with zero attached hydrogens (tertiary/aromatic N) is 2. The monoisotopic (exact) mass is 612 g/mol. The molecule has 1 aliphatic heterocycles. The van der Waals surface area contributed by atoms with E-state index in [1.54, 1.807) is 51.3 Å². The molecule has 5 rings (SSSR count). The van der Waals surface area contributed by atoms with Crippen LogP contribution in [0.15, 0.2) is 84.5 Å². The summed E-state index contributed by atoms with van der Waals surface area (Å²) in [7, 11) is 1.57. The number of hydrogen-bond donors (Lipinski definition) is 0. The summed E-state index contributed by atoms with van der Waals surface area (Å²) in [6.45, 7) is 3.69.